The molecular formula is C18H22N7O+. The minimum Gasteiger partial charge on any atom is -0.366 e. The number of aromatic amines is 2. The molecule has 0 radical (unpaired) electrons. The second-order valence-corrected chi connectivity index (χ2v) is 6.44. The third-order valence-electron chi connectivity index (χ3n) is 4.58. The first kappa shape index (κ1) is 16.3. The molecule has 2 aromatic heterocycles. The zero-order chi connectivity index (χ0) is 17.9. The third kappa shape index (κ3) is 3.45. The SMILES string of the molecule is NC(=O)c1ccc(Nc2nc3[nH]ccc3c(NC3CCNCC3)[nH+]2)cc1. The Hall–Kier alpha value is -3.13. The molecule has 1 fully saturated rings. The van der Waals surface area contributed by atoms with Gasteiger partial charge in [-0.15, -0.1) is 0 Å². The lowest BCUT2D eigenvalue weighted by Crippen LogP contribution is -2.37. The van der Waals surface area contributed by atoms with Crippen LogP contribution >= 0.6 is 0 Å². The van der Waals surface area contributed by atoms with Gasteiger partial charge in [-0.1, -0.05) is 4.98 Å². The summed E-state index contributed by atoms with van der Waals surface area (Å²) in [7, 11) is 0. The molecule has 0 bridgehead atoms. The first-order valence-corrected chi connectivity index (χ1v) is 8.73. The fourth-order valence-electron chi connectivity index (χ4n) is 3.18. The van der Waals surface area contributed by atoms with Crippen LogP contribution in [0, 0.1) is 0 Å². The minimum atomic E-state index is -0.442. The van der Waals surface area contributed by atoms with Gasteiger partial charge in [-0.25, -0.2) is 4.98 Å². The summed E-state index contributed by atoms with van der Waals surface area (Å²) in [5.41, 5.74) is 7.37. The lowest BCUT2D eigenvalue weighted by molar-refractivity contribution is -0.346. The zero-order valence-electron chi connectivity index (χ0n) is 14.3. The topological polar surface area (TPSA) is 122 Å². The largest absolute Gasteiger partial charge is 0.366 e. The van der Waals surface area contributed by atoms with E-state index in [-0.39, 0.29) is 0 Å². The van der Waals surface area contributed by atoms with E-state index in [1.807, 2.05) is 12.3 Å². The first-order chi connectivity index (χ1) is 12.7. The smallest absolute Gasteiger partial charge is 0.351 e. The van der Waals surface area contributed by atoms with Crippen molar-refractivity contribution in [1.82, 2.24) is 15.3 Å². The Kier molecular flexibility index (Phi) is 4.40. The number of aromatic nitrogens is 3. The molecule has 26 heavy (non-hydrogen) atoms. The number of nitrogens with two attached hydrogens (primary N) is 1. The van der Waals surface area contributed by atoms with Crippen LogP contribution in [0.3, 0.4) is 0 Å². The average molecular weight is 352 g/mol. The predicted octanol–water partition coefficient (Wildman–Crippen LogP) is 1.38. The van der Waals surface area contributed by atoms with Crippen LogP contribution in [0.2, 0.25) is 0 Å². The number of amides is 1. The van der Waals surface area contributed by atoms with Gasteiger partial charge in [0.2, 0.25) is 17.4 Å². The Balaban J connectivity index is 1.59. The Morgan fingerprint density at radius 2 is 1.96 bits per heavy atom. The van der Waals surface area contributed by atoms with Crippen molar-refractivity contribution in [2.75, 3.05) is 23.7 Å². The minimum absolute atomic E-state index is 0.427. The predicted molar refractivity (Wildman–Crippen MR) is 100 cm³/mol. The summed E-state index contributed by atoms with van der Waals surface area (Å²) in [5.74, 6) is 1.12. The van der Waals surface area contributed by atoms with E-state index in [4.69, 9.17) is 5.73 Å². The van der Waals surface area contributed by atoms with Gasteiger partial charge in [0.25, 0.3) is 0 Å². The first-order valence-electron chi connectivity index (χ1n) is 8.73. The van der Waals surface area contributed by atoms with Crippen LogP contribution in [0.1, 0.15) is 23.2 Å². The number of piperidine rings is 1. The van der Waals surface area contributed by atoms with Gasteiger partial charge in [0.05, 0.1) is 17.1 Å². The number of rotatable bonds is 5. The van der Waals surface area contributed by atoms with Crippen molar-refractivity contribution >= 4 is 34.4 Å². The van der Waals surface area contributed by atoms with Crippen molar-refractivity contribution in [1.29, 1.82) is 0 Å². The molecule has 0 unspecified atom stereocenters. The van der Waals surface area contributed by atoms with Crippen molar-refractivity contribution in [2.24, 2.45) is 5.73 Å². The van der Waals surface area contributed by atoms with E-state index in [9.17, 15) is 4.79 Å². The van der Waals surface area contributed by atoms with Crippen LogP contribution in [-0.4, -0.2) is 35.0 Å². The molecule has 0 saturated carbocycles. The molecule has 1 aromatic carbocycles. The number of carbonyl (C=O) groups is 1. The van der Waals surface area contributed by atoms with Gasteiger partial charge >= 0.3 is 5.95 Å². The highest BCUT2D eigenvalue weighted by molar-refractivity contribution is 5.93. The summed E-state index contributed by atoms with van der Waals surface area (Å²) in [6.45, 7) is 2.05. The molecule has 4 rings (SSSR count). The Morgan fingerprint density at radius 3 is 2.69 bits per heavy atom. The third-order valence-corrected chi connectivity index (χ3v) is 4.58. The number of hydrogen-bond donors (Lipinski definition) is 5. The van der Waals surface area contributed by atoms with Gasteiger partial charge in [-0.2, -0.15) is 0 Å². The van der Waals surface area contributed by atoms with Gasteiger partial charge in [-0.3, -0.25) is 10.1 Å². The molecule has 1 amide bonds. The molecular weight excluding hydrogens is 330 g/mol. The number of benzene rings is 1. The van der Waals surface area contributed by atoms with Crippen LogP contribution < -0.4 is 26.7 Å². The lowest BCUT2D eigenvalue weighted by atomic mass is 10.1. The van der Waals surface area contributed by atoms with Crippen molar-refractivity contribution in [3.05, 3.63) is 42.1 Å². The van der Waals surface area contributed by atoms with Gasteiger partial charge in [0.1, 0.15) is 0 Å². The zero-order valence-corrected chi connectivity index (χ0v) is 14.3. The van der Waals surface area contributed by atoms with E-state index >= 15 is 0 Å². The summed E-state index contributed by atoms with van der Waals surface area (Å²) in [6.07, 6.45) is 4.05. The van der Waals surface area contributed by atoms with E-state index in [0.29, 0.717) is 17.6 Å². The normalized spacial score (nSPS) is 15.1. The van der Waals surface area contributed by atoms with E-state index in [0.717, 1.165) is 48.5 Å². The number of primary amides is 1. The standard InChI is InChI=1S/C18H21N7O/c19-15(26)11-1-3-12(4-2-11)23-18-24-16-14(7-10-21-16)17(25-18)22-13-5-8-20-9-6-13/h1-4,7,10,13,20H,5-6,8-9H2,(H2,19,26)(H3,21,22,23,24,25)/p+1. The fraction of sp³-hybridized carbons (Fsp3) is 0.278. The summed E-state index contributed by atoms with van der Waals surface area (Å²) in [5, 5.41) is 11.2. The summed E-state index contributed by atoms with van der Waals surface area (Å²) >= 11 is 0. The molecule has 0 atom stereocenters. The van der Waals surface area contributed by atoms with Crippen LogP contribution in [-0.2, 0) is 0 Å². The average Bonchev–Trinajstić information content (AvgIpc) is 3.12. The summed E-state index contributed by atoms with van der Waals surface area (Å²) < 4.78 is 0. The highest BCUT2D eigenvalue weighted by atomic mass is 16.1. The van der Waals surface area contributed by atoms with E-state index < -0.39 is 5.91 Å². The number of nitrogens with zero attached hydrogens (tertiary/aromatic N) is 1. The molecule has 0 aliphatic carbocycles. The molecule has 8 nitrogen and oxygen atoms in total. The summed E-state index contributed by atoms with van der Waals surface area (Å²) in [4.78, 5) is 22.3. The number of carbonyl (C=O) groups excluding carboxylic acids is 1. The van der Waals surface area contributed by atoms with Gasteiger partial charge in [-0.05, 0) is 56.3 Å². The quantitative estimate of drug-likeness (QED) is 0.475. The van der Waals surface area contributed by atoms with Crippen LogP contribution in [0.25, 0.3) is 11.0 Å². The summed E-state index contributed by atoms with van der Waals surface area (Å²) in [6, 6.07) is 9.41. The Morgan fingerprint density at radius 1 is 1.19 bits per heavy atom. The maximum absolute atomic E-state index is 11.2. The van der Waals surface area contributed by atoms with Crippen molar-refractivity contribution in [3.63, 3.8) is 0 Å². The highest BCUT2D eigenvalue weighted by Crippen LogP contribution is 2.21. The van der Waals surface area contributed by atoms with Gasteiger partial charge < -0.3 is 21.4 Å². The number of nitrogens with one attached hydrogen (secondary N) is 5. The van der Waals surface area contributed by atoms with Gasteiger partial charge in [0, 0.05) is 11.8 Å². The molecule has 3 aromatic rings. The van der Waals surface area contributed by atoms with Crippen molar-refractivity contribution in [2.45, 2.75) is 18.9 Å². The molecule has 7 N–H and O–H groups in total. The molecule has 3 heterocycles. The Labute approximate surface area is 150 Å². The molecule has 1 aliphatic rings. The van der Waals surface area contributed by atoms with E-state index in [1.165, 1.54) is 0 Å². The molecule has 0 spiro atoms. The van der Waals surface area contributed by atoms with E-state index in [2.05, 4.69) is 30.9 Å². The highest BCUT2D eigenvalue weighted by Gasteiger charge is 2.20. The Bertz CT molecular complexity index is 913. The van der Waals surface area contributed by atoms with Crippen LogP contribution in [0.5, 0.6) is 0 Å². The maximum atomic E-state index is 11.2. The van der Waals surface area contributed by atoms with Crippen molar-refractivity contribution in [3.8, 4) is 0 Å². The monoisotopic (exact) mass is 352 g/mol. The second kappa shape index (κ2) is 7.01. The number of hydrogen-bond acceptors (Lipinski definition) is 5. The second-order valence-electron chi connectivity index (χ2n) is 6.44. The maximum Gasteiger partial charge on any atom is 0.351 e. The number of fused-ring (bicyclic) bond motifs is 1. The lowest BCUT2D eigenvalue weighted by Gasteiger charge is -2.22. The van der Waals surface area contributed by atoms with Crippen LogP contribution in [0.4, 0.5) is 17.5 Å². The molecule has 1 saturated heterocycles. The molecule has 1 aliphatic heterocycles. The molecule has 134 valence electrons. The number of anilines is 3. The fourth-order valence-corrected chi connectivity index (χ4v) is 3.18. The molecule has 8 heteroatoms. The number of H-pyrrole nitrogens is 2. The van der Waals surface area contributed by atoms with Gasteiger partial charge in [0.15, 0.2) is 0 Å². The van der Waals surface area contributed by atoms with Crippen LogP contribution in [0.15, 0.2) is 36.5 Å². The van der Waals surface area contributed by atoms with E-state index in [1.54, 1.807) is 24.3 Å². The van der Waals surface area contributed by atoms with Crippen molar-refractivity contribution < 1.29 is 9.78 Å².